The van der Waals surface area contributed by atoms with Crippen molar-refractivity contribution in [2.45, 2.75) is 37.2 Å². The van der Waals surface area contributed by atoms with Gasteiger partial charge in [-0.2, -0.15) is 0 Å². The summed E-state index contributed by atoms with van der Waals surface area (Å²) in [5.74, 6) is 2.17. The van der Waals surface area contributed by atoms with Crippen molar-refractivity contribution in [2.75, 3.05) is 31.0 Å². The number of rotatable bonds is 4. The fourth-order valence-electron chi connectivity index (χ4n) is 4.42. The summed E-state index contributed by atoms with van der Waals surface area (Å²) in [6.07, 6.45) is 1.62. The zero-order valence-electron chi connectivity index (χ0n) is 18.6. The van der Waals surface area contributed by atoms with E-state index < -0.39 is 0 Å². The predicted molar refractivity (Wildman–Crippen MR) is 128 cm³/mol. The van der Waals surface area contributed by atoms with Crippen molar-refractivity contribution < 1.29 is 19.1 Å². The van der Waals surface area contributed by atoms with Gasteiger partial charge in [-0.1, -0.05) is 24.3 Å². The summed E-state index contributed by atoms with van der Waals surface area (Å²) in [5, 5.41) is 9.59. The number of amides is 3. The third-order valence-electron chi connectivity index (χ3n) is 6.43. The molecule has 0 radical (unpaired) electrons. The smallest absolute Gasteiger partial charge is 0.321 e. The molecule has 3 aliphatic heterocycles. The second kappa shape index (κ2) is 9.15. The van der Waals surface area contributed by atoms with Crippen LogP contribution < -0.4 is 25.4 Å². The maximum absolute atomic E-state index is 12.8. The Morgan fingerprint density at radius 2 is 1.94 bits per heavy atom. The van der Waals surface area contributed by atoms with Crippen LogP contribution in [0.15, 0.2) is 42.5 Å². The molecule has 2 aromatic carbocycles. The lowest BCUT2D eigenvalue weighted by molar-refractivity contribution is -0.122. The Balaban J connectivity index is 1.10. The Bertz CT molecular complexity index is 1050. The molecule has 1 atom stereocenters. The summed E-state index contributed by atoms with van der Waals surface area (Å²) in [6, 6.07) is 13.2. The first-order chi connectivity index (χ1) is 16.0. The molecule has 1 unspecified atom stereocenters. The largest absolute Gasteiger partial charge is 0.454 e. The Labute approximate surface area is 197 Å². The van der Waals surface area contributed by atoms with Crippen LogP contribution in [0.3, 0.4) is 0 Å². The van der Waals surface area contributed by atoms with Crippen LogP contribution in [0.5, 0.6) is 11.5 Å². The number of thioether (sulfide) groups is 1. The van der Waals surface area contributed by atoms with E-state index in [1.165, 1.54) is 0 Å². The van der Waals surface area contributed by atoms with E-state index >= 15 is 0 Å². The van der Waals surface area contributed by atoms with E-state index in [0.29, 0.717) is 25.4 Å². The van der Waals surface area contributed by atoms with Gasteiger partial charge in [0, 0.05) is 31.1 Å². The van der Waals surface area contributed by atoms with Gasteiger partial charge in [0.2, 0.25) is 12.7 Å². The van der Waals surface area contributed by atoms with Crippen LogP contribution >= 0.6 is 11.8 Å². The topological polar surface area (TPSA) is 91.9 Å². The highest BCUT2D eigenvalue weighted by molar-refractivity contribution is 8.01. The average Bonchev–Trinajstić information content (AvgIpc) is 3.46. The highest BCUT2D eigenvalue weighted by Crippen LogP contribution is 2.39. The van der Waals surface area contributed by atoms with Crippen molar-refractivity contribution in [1.82, 2.24) is 15.5 Å². The summed E-state index contributed by atoms with van der Waals surface area (Å²) in [6.45, 7) is 3.98. The van der Waals surface area contributed by atoms with Gasteiger partial charge >= 0.3 is 6.03 Å². The van der Waals surface area contributed by atoms with Crippen molar-refractivity contribution in [3.05, 3.63) is 53.6 Å². The standard InChI is InChI=1S/C24H28N4O4S/c1-16-4-2-3-5-18(16)26-23(30)28-10-8-24(9-11-28)27-19(14-33-24)22(29)25-13-17-6-7-20-21(12-17)32-15-31-20/h2-7,12,19,27H,8-11,13-15H2,1H3,(H,25,29)(H,26,30). The average molecular weight is 469 g/mol. The van der Waals surface area contributed by atoms with Crippen LogP contribution in [0, 0.1) is 6.92 Å². The Morgan fingerprint density at radius 1 is 1.15 bits per heavy atom. The Hall–Kier alpha value is -2.91. The quantitative estimate of drug-likeness (QED) is 0.639. The van der Waals surface area contributed by atoms with Gasteiger partial charge in [0.25, 0.3) is 0 Å². The number of carbonyl (C=O) groups is 2. The number of nitrogens with zero attached hydrogens (tertiary/aromatic N) is 1. The molecule has 3 N–H and O–H groups in total. The zero-order chi connectivity index (χ0) is 22.8. The molecule has 5 rings (SSSR count). The van der Waals surface area contributed by atoms with E-state index in [2.05, 4.69) is 16.0 Å². The number of likely N-dealkylation sites (tertiary alicyclic amines) is 1. The second-order valence-corrected chi connectivity index (χ2v) is 10.0. The van der Waals surface area contributed by atoms with Gasteiger partial charge in [-0.3, -0.25) is 10.1 Å². The molecule has 0 aliphatic carbocycles. The molecule has 2 fully saturated rings. The van der Waals surface area contributed by atoms with Crippen LogP contribution in [0.2, 0.25) is 0 Å². The minimum absolute atomic E-state index is 0.00299. The first-order valence-electron chi connectivity index (χ1n) is 11.2. The summed E-state index contributed by atoms with van der Waals surface area (Å²) in [4.78, 5) is 27.2. The number of carbonyl (C=O) groups excluding carboxylic acids is 2. The number of benzene rings is 2. The molecule has 3 heterocycles. The fourth-order valence-corrected chi connectivity index (χ4v) is 5.83. The number of urea groups is 1. The highest BCUT2D eigenvalue weighted by atomic mass is 32.2. The fraction of sp³-hybridized carbons (Fsp3) is 0.417. The van der Waals surface area contributed by atoms with Crippen LogP contribution in [0.4, 0.5) is 10.5 Å². The molecule has 2 aromatic rings. The van der Waals surface area contributed by atoms with E-state index in [9.17, 15) is 9.59 Å². The van der Waals surface area contributed by atoms with Crippen molar-refractivity contribution in [3.8, 4) is 11.5 Å². The lowest BCUT2D eigenvalue weighted by atomic mass is 10.0. The number of hydrogen-bond acceptors (Lipinski definition) is 6. The molecule has 3 amide bonds. The molecule has 0 bridgehead atoms. The molecule has 174 valence electrons. The van der Waals surface area contributed by atoms with Gasteiger partial charge in [0.15, 0.2) is 11.5 Å². The minimum Gasteiger partial charge on any atom is -0.454 e. The summed E-state index contributed by atoms with van der Waals surface area (Å²) in [5.41, 5.74) is 2.86. The molecule has 0 saturated carbocycles. The molecule has 33 heavy (non-hydrogen) atoms. The summed E-state index contributed by atoms with van der Waals surface area (Å²) < 4.78 is 10.7. The van der Waals surface area contributed by atoms with Crippen LogP contribution in [0.1, 0.15) is 24.0 Å². The van der Waals surface area contributed by atoms with E-state index in [0.717, 1.165) is 41.2 Å². The second-order valence-electron chi connectivity index (χ2n) is 8.64. The number of hydrogen-bond donors (Lipinski definition) is 3. The van der Waals surface area contributed by atoms with Gasteiger partial charge in [-0.25, -0.2) is 4.79 Å². The molecule has 2 saturated heterocycles. The van der Waals surface area contributed by atoms with Gasteiger partial charge in [0.1, 0.15) is 0 Å². The molecular weight excluding hydrogens is 440 g/mol. The Morgan fingerprint density at radius 3 is 2.76 bits per heavy atom. The number of aryl methyl sites for hydroxylation is 1. The normalized spacial score (nSPS) is 20.6. The van der Waals surface area contributed by atoms with Crippen molar-refractivity contribution in [3.63, 3.8) is 0 Å². The molecular formula is C24H28N4O4S. The summed E-state index contributed by atoms with van der Waals surface area (Å²) >= 11 is 1.79. The molecule has 8 nitrogen and oxygen atoms in total. The lowest BCUT2D eigenvalue weighted by Gasteiger charge is -2.39. The van der Waals surface area contributed by atoms with E-state index in [4.69, 9.17) is 9.47 Å². The van der Waals surface area contributed by atoms with Crippen LogP contribution in [-0.4, -0.2) is 53.4 Å². The zero-order valence-corrected chi connectivity index (χ0v) is 19.4. The number of fused-ring (bicyclic) bond motifs is 1. The van der Waals surface area contributed by atoms with E-state index in [1.54, 1.807) is 11.8 Å². The van der Waals surface area contributed by atoms with Gasteiger partial charge in [0.05, 0.1) is 10.9 Å². The first kappa shape index (κ1) is 21.9. The van der Waals surface area contributed by atoms with Gasteiger partial charge in [-0.05, 0) is 49.1 Å². The monoisotopic (exact) mass is 468 g/mol. The number of nitrogens with one attached hydrogen (secondary N) is 3. The van der Waals surface area contributed by atoms with Crippen LogP contribution in [-0.2, 0) is 11.3 Å². The summed E-state index contributed by atoms with van der Waals surface area (Å²) in [7, 11) is 0. The van der Waals surface area contributed by atoms with Gasteiger partial charge < -0.3 is 25.0 Å². The molecule has 1 spiro atoms. The van der Waals surface area contributed by atoms with E-state index in [1.807, 2.05) is 54.3 Å². The van der Waals surface area contributed by atoms with Crippen LogP contribution in [0.25, 0.3) is 0 Å². The number of anilines is 1. The predicted octanol–water partition coefficient (Wildman–Crippen LogP) is 3.07. The van der Waals surface area contributed by atoms with E-state index in [-0.39, 0.29) is 29.6 Å². The first-order valence-corrected chi connectivity index (χ1v) is 12.2. The molecule has 3 aliphatic rings. The lowest BCUT2D eigenvalue weighted by Crippen LogP contribution is -2.54. The highest BCUT2D eigenvalue weighted by Gasteiger charge is 2.44. The molecule has 9 heteroatoms. The van der Waals surface area contributed by atoms with Gasteiger partial charge in [-0.15, -0.1) is 11.8 Å². The maximum Gasteiger partial charge on any atom is 0.321 e. The van der Waals surface area contributed by atoms with Crippen molar-refractivity contribution >= 4 is 29.4 Å². The third kappa shape index (κ3) is 4.74. The SMILES string of the molecule is Cc1ccccc1NC(=O)N1CCC2(CC1)NC(C(=O)NCc1ccc3c(c1)OCO3)CS2. The number of piperidine rings is 1. The van der Waals surface area contributed by atoms with Crippen molar-refractivity contribution in [1.29, 1.82) is 0 Å². The number of para-hydroxylation sites is 1. The Kier molecular flexibility index (Phi) is 6.07. The molecule has 0 aromatic heterocycles. The van der Waals surface area contributed by atoms with Crippen molar-refractivity contribution in [2.24, 2.45) is 0 Å². The maximum atomic E-state index is 12.8. The minimum atomic E-state index is -0.239. The third-order valence-corrected chi connectivity index (χ3v) is 8.01. The number of ether oxygens (including phenoxy) is 2.